The average Bonchev–Trinajstić information content (AvgIpc) is 2.34. The first kappa shape index (κ1) is 15.3. The van der Waals surface area contributed by atoms with Gasteiger partial charge in [0.2, 0.25) is 5.91 Å². The first-order valence-corrected chi connectivity index (χ1v) is 8.82. The van der Waals surface area contributed by atoms with Crippen molar-refractivity contribution in [3.63, 3.8) is 0 Å². The minimum absolute atomic E-state index is 0.115. The van der Waals surface area contributed by atoms with Crippen LogP contribution < -0.4 is 5.73 Å². The number of amides is 1. The van der Waals surface area contributed by atoms with Crippen molar-refractivity contribution < 1.29 is 4.79 Å². The quantitative estimate of drug-likeness (QED) is 0.794. The summed E-state index contributed by atoms with van der Waals surface area (Å²) in [4.78, 5) is 15.1. The van der Waals surface area contributed by atoms with Crippen molar-refractivity contribution in [2.24, 2.45) is 28.9 Å². The van der Waals surface area contributed by atoms with Crippen LogP contribution in [0.5, 0.6) is 0 Å². The van der Waals surface area contributed by atoms with Crippen LogP contribution in [0.4, 0.5) is 0 Å². The number of nitrogens with two attached hydrogens (primary N) is 1. The van der Waals surface area contributed by atoms with E-state index in [0.29, 0.717) is 22.7 Å². The summed E-state index contributed by atoms with van der Waals surface area (Å²) in [6.45, 7) is 2.04. The van der Waals surface area contributed by atoms with Crippen molar-refractivity contribution in [3.05, 3.63) is 0 Å². The zero-order valence-corrected chi connectivity index (χ0v) is 14.1. The third kappa shape index (κ3) is 3.10. The summed E-state index contributed by atoms with van der Waals surface area (Å²) < 4.78 is 0. The maximum Gasteiger partial charge on any atom is 0.223 e. The second-order valence-corrected chi connectivity index (χ2v) is 8.64. The molecule has 4 rings (SSSR count). The van der Waals surface area contributed by atoms with Gasteiger partial charge >= 0.3 is 0 Å². The Labute approximate surface area is 133 Å². The number of hydrogen-bond donors (Lipinski definition) is 1. The molecule has 1 atom stereocenters. The van der Waals surface area contributed by atoms with E-state index >= 15 is 0 Å². The normalized spacial score (nSPS) is 38.3. The molecule has 2 N–H and O–H groups in total. The van der Waals surface area contributed by atoms with Crippen molar-refractivity contribution in [2.75, 3.05) is 7.05 Å². The van der Waals surface area contributed by atoms with E-state index in [1.165, 1.54) is 38.5 Å². The van der Waals surface area contributed by atoms with Crippen molar-refractivity contribution in [1.29, 1.82) is 0 Å². The van der Waals surface area contributed by atoms with Crippen LogP contribution in [0.1, 0.15) is 58.3 Å². The van der Waals surface area contributed by atoms with Crippen LogP contribution in [-0.2, 0) is 4.79 Å². The molecule has 0 saturated heterocycles. The summed E-state index contributed by atoms with van der Waals surface area (Å²) >= 11 is 4.97. The zero-order valence-electron chi connectivity index (χ0n) is 13.3. The Morgan fingerprint density at radius 2 is 1.71 bits per heavy atom. The van der Waals surface area contributed by atoms with Gasteiger partial charge in [0.15, 0.2) is 0 Å². The minimum Gasteiger partial charge on any atom is -0.393 e. The topological polar surface area (TPSA) is 46.3 Å². The van der Waals surface area contributed by atoms with Gasteiger partial charge in [0.25, 0.3) is 0 Å². The first-order chi connectivity index (χ1) is 9.87. The lowest BCUT2D eigenvalue weighted by Crippen LogP contribution is -2.49. The lowest BCUT2D eigenvalue weighted by molar-refractivity contribution is -0.139. The molecule has 4 aliphatic carbocycles. The highest BCUT2D eigenvalue weighted by Crippen LogP contribution is 2.61. The molecule has 0 aromatic heterocycles. The SMILES string of the molecule is CC(CC(N)=S)N(C)C(=O)CC12CC3CC(CC(C3)C1)C2. The average molecular weight is 308 g/mol. The molecule has 0 aromatic rings. The fourth-order valence-electron chi connectivity index (χ4n) is 5.63. The van der Waals surface area contributed by atoms with Gasteiger partial charge in [-0.3, -0.25) is 4.79 Å². The van der Waals surface area contributed by atoms with Gasteiger partial charge in [0, 0.05) is 25.9 Å². The van der Waals surface area contributed by atoms with Gasteiger partial charge in [-0.1, -0.05) is 12.2 Å². The van der Waals surface area contributed by atoms with E-state index in [-0.39, 0.29) is 6.04 Å². The number of rotatable bonds is 5. The third-order valence-corrected chi connectivity index (χ3v) is 6.41. The number of nitrogens with zero attached hydrogens (tertiary/aromatic N) is 1. The van der Waals surface area contributed by atoms with Crippen LogP contribution in [0.25, 0.3) is 0 Å². The van der Waals surface area contributed by atoms with Crippen molar-refractivity contribution >= 4 is 23.1 Å². The number of carbonyl (C=O) groups is 1. The van der Waals surface area contributed by atoms with Gasteiger partial charge in [-0.15, -0.1) is 0 Å². The van der Waals surface area contributed by atoms with Gasteiger partial charge in [-0.2, -0.15) is 0 Å². The van der Waals surface area contributed by atoms with E-state index in [2.05, 4.69) is 0 Å². The Morgan fingerprint density at radius 1 is 1.24 bits per heavy atom. The van der Waals surface area contributed by atoms with Crippen LogP contribution in [0.3, 0.4) is 0 Å². The summed E-state index contributed by atoms with van der Waals surface area (Å²) in [5.41, 5.74) is 5.93. The summed E-state index contributed by atoms with van der Waals surface area (Å²) in [6.07, 6.45) is 9.54. The maximum absolute atomic E-state index is 12.7. The molecule has 0 spiro atoms. The summed E-state index contributed by atoms with van der Waals surface area (Å²) in [5.74, 6) is 3.01. The van der Waals surface area contributed by atoms with Gasteiger partial charge in [0.1, 0.15) is 0 Å². The molecular weight excluding hydrogens is 280 g/mol. The molecule has 0 radical (unpaired) electrons. The molecule has 4 bridgehead atoms. The van der Waals surface area contributed by atoms with E-state index < -0.39 is 0 Å². The molecule has 0 heterocycles. The number of carbonyl (C=O) groups excluding carboxylic acids is 1. The predicted octanol–water partition coefficient (Wildman–Crippen LogP) is 3.12. The monoisotopic (exact) mass is 308 g/mol. The summed E-state index contributed by atoms with van der Waals surface area (Å²) in [7, 11) is 1.91. The fraction of sp³-hybridized carbons (Fsp3) is 0.882. The fourth-order valence-corrected chi connectivity index (χ4v) is 5.87. The van der Waals surface area contributed by atoms with Gasteiger partial charge in [-0.25, -0.2) is 0 Å². The largest absolute Gasteiger partial charge is 0.393 e. The first-order valence-electron chi connectivity index (χ1n) is 8.41. The Balaban J connectivity index is 1.63. The molecule has 3 nitrogen and oxygen atoms in total. The highest BCUT2D eigenvalue weighted by atomic mass is 32.1. The Kier molecular flexibility index (Phi) is 4.02. The third-order valence-electron chi connectivity index (χ3n) is 6.24. The predicted molar refractivity (Wildman–Crippen MR) is 88.9 cm³/mol. The smallest absolute Gasteiger partial charge is 0.223 e. The Morgan fingerprint density at radius 3 is 2.14 bits per heavy atom. The van der Waals surface area contributed by atoms with Gasteiger partial charge in [-0.05, 0) is 68.6 Å². The molecule has 1 amide bonds. The van der Waals surface area contributed by atoms with Crippen LogP contribution in [-0.4, -0.2) is 28.9 Å². The highest BCUT2D eigenvalue weighted by molar-refractivity contribution is 7.80. The highest BCUT2D eigenvalue weighted by Gasteiger charge is 2.51. The van der Waals surface area contributed by atoms with Crippen LogP contribution >= 0.6 is 12.2 Å². The van der Waals surface area contributed by atoms with Crippen LogP contribution in [0.2, 0.25) is 0 Å². The van der Waals surface area contributed by atoms with Crippen LogP contribution in [0.15, 0.2) is 0 Å². The van der Waals surface area contributed by atoms with Crippen LogP contribution in [0, 0.1) is 23.2 Å². The van der Waals surface area contributed by atoms with E-state index in [1.807, 2.05) is 18.9 Å². The Hall–Kier alpha value is -0.640. The maximum atomic E-state index is 12.7. The molecule has 21 heavy (non-hydrogen) atoms. The van der Waals surface area contributed by atoms with Crippen molar-refractivity contribution in [3.8, 4) is 0 Å². The molecule has 118 valence electrons. The van der Waals surface area contributed by atoms with E-state index in [9.17, 15) is 4.79 Å². The second kappa shape index (κ2) is 5.53. The standard InChI is InChI=1S/C17H28N2OS/c1-11(3-15(18)21)19(2)16(20)10-17-7-12-4-13(8-17)6-14(5-12)9-17/h11-14H,3-10H2,1-2H3,(H2,18,21). The molecule has 4 saturated carbocycles. The molecule has 4 aliphatic rings. The lowest BCUT2D eigenvalue weighted by atomic mass is 9.49. The minimum atomic E-state index is 0.115. The molecular formula is C17H28N2OS. The van der Waals surface area contributed by atoms with Crippen molar-refractivity contribution in [2.45, 2.75) is 64.3 Å². The van der Waals surface area contributed by atoms with Crippen molar-refractivity contribution in [1.82, 2.24) is 4.90 Å². The van der Waals surface area contributed by atoms with Gasteiger partial charge in [0.05, 0.1) is 4.99 Å². The number of thiocarbonyl (C=S) groups is 1. The van der Waals surface area contributed by atoms with E-state index in [0.717, 1.165) is 24.2 Å². The van der Waals surface area contributed by atoms with Gasteiger partial charge < -0.3 is 10.6 Å². The molecule has 1 unspecified atom stereocenters. The number of hydrogen-bond acceptors (Lipinski definition) is 2. The summed E-state index contributed by atoms with van der Waals surface area (Å²) in [5, 5.41) is 0. The molecule has 0 aliphatic heterocycles. The summed E-state index contributed by atoms with van der Waals surface area (Å²) in [6, 6.07) is 0.115. The zero-order chi connectivity index (χ0) is 15.2. The van der Waals surface area contributed by atoms with E-state index in [1.54, 1.807) is 0 Å². The second-order valence-electron chi connectivity index (χ2n) is 8.12. The molecule has 4 fully saturated rings. The molecule has 4 heteroatoms. The molecule has 0 aromatic carbocycles. The lowest BCUT2D eigenvalue weighted by Gasteiger charge is -2.57. The van der Waals surface area contributed by atoms with E-state index in [4.69, 9.17) is 18.0 Å². The Bertz CT molecular complexity index is 413.